The minimum Gasteiger partial charge on any atom is -0.350 e. The van der Waals surface area contributed by atoms with Gasteiger partial charge in [-0.2, -0.15) is 0 Å². The lowest BCUT2D eigenvalue weighted by atomic mass is 10.0. The van der Waals surface area contributed by atoms with Crippen molar-refractivity contribution in [3.63, 3.8) is 0 Å². The van der Waals surface area contributed by atoms with Crippen molar-refractivity contribution in [2.75, 3.05) is 0 Å². The maximum atomic E-state index is 13.4. The summed E-state index contributed by atoms with van der Waals surface area (Å²) in [7, 11) is 0. The zero-order chi connectivity index (χ0) is 23.3. The SMILES string of the molecule is CC[C@@H](C(=O)NC(C)(C)C)N(Cc1ccc(Cl)cc1Cl)C(=O)Cc1c(Cl)cccc1Cl. The first-order valence-corrected chi connectivity index (χ1v) is 11.4. The number of benzene rings is 2. The molecule has 0 aliphatic carbocycles. The largest absolute Gasteiger partial charge is 0.350 e. The van der Waals surface area contributed by atoms with Gasteiger partial charge in [-0.25, -0.2) is 0 Å². The second-order valence-corrected chi connectivity index (χ2v) is 9.96. The third-order valence-electron chi connectivity index (χ3n) is 4.63. The number of halogens is 4. The van der Waals surface area contributed by atoms with Crippen molar-refractivity contribution in [3.8, 4) is 0 Å². The molecule has 2 rings (SSSR count). The molecule has 0 aliphatic rings. The fourth-order valence-electron chi connectivity index (χ4n) is 3.16. The molecule has 2 aromatic rings. The minimum absolute atomic E-state index is 0.0387. The number of carbonyl (C=O) groups is 2. The van der Waals surface area contributed by atoms with Crippen LogP contribution in [0, 0.1) is 0 Å². The van der Waals surface area contributed by atoms with Crippen molar-refractivity contribution in [1.82, 2.24) is 10.2 Å². The van der Waals surface area contributed by atoms with Crippen LogP contribution in [0.3, 0.4) is 0 Å². The molecule has 31 heavy (non-hydrogen) atoms. The molecule has 2 aromatic carbocycles. The molecular weight excluding hydrogens is 478 g/mol. The molecule has 0 heterocycles. The summed E-state index contributed by atoms with van der Waals surface area (Å²) in [6, 6.07) is 9.45. The van der Waals surface area contributed by atoms with E-state index in [0.717, 1.165) is 0 Å². The Balaban J connectivity index is 2.42. The highest BCUT2D eigenvalue weighted by atomic mass is 35.5. The van der Waals surface area contributed by atoms with Crippen LogP contribution < -0.4 is 5.32 Å². The average Bonchev–Trinajstić information content (AvgIpc) is 2.64. The molecule has 1 N–H and O–H groups in total. The number of hydrogen-bond donors (Lipinski definition) is 1. The maximum absolute atomic E-state index is 13.4. The summed E-state index contributed by atoms with van der Waals surface area (Å²) in [6.45, 7) is 7.68. The molecular formula is C23H26Cl4N2O2. The molecule has 0 fully saturated rings. The highest BCUT2D eigenvalue weighted by Crippen LogP contribution is 2.28. The molecule has 0 aliphatic heterocycles. The number of hydrogen-bond acceptors (Lipinski definition) is 2. The number of amides is 2. The normalized spacial score (nSPS) is 12.4. The van der Waals surface area contributed by atoms with Gasteiger partial charge in [0.1, 0.15) is 6.04 Å². The molecule has 0 saturated carbocycles. The van der Waals surface area contributed by atoms with Gasteiger partial charge in [-0.1, -0.05) is 65.5 Å². The van der Waals surface area contributed by atoms with Gasteiger partial charge >= 0.3 is 0 Å². The zero-order valence-electron chi connectivity index (χ0n) is 17.9. The van der Waals surface area contributed by atoms with E-state index in [2.05, 4.69) is 5.32 Å². The lowest BCUT2D eigenvalue weighted by molar-refractivity contribution is -0.141. The van der Waals surface area contributed by atoms with Crippen LogP contribution in [0.25, 0.3) is 0 Å². The van der Waals surface area contributed by atoms with Crippen LogP contribution in [0.4, 0.5) is 0 Å². The predicted octanol–water partition coefficient (Wildman–Crippen LogP) is 6.56. The Morgan fingerprint density at radius 3 is 2.13 bits per heavy atom. The van der Waals surface area contributed by atoms with Gasteiger partial charge in [-0.3, -0.25) is 9.59 Å². The third-order valence-corrected chi connectivity index (χ3v) is 5.92. The van der Waals surface area contributed by atoms with Gasteiger partial charge < -0.3 is 10.2 Å². The smallest absolute Gasteiger partial charge is 0.243 e. The first-order valence-electron chi connectivity index (χ1n) is 9.91. The Kier molecular flexibility index (Phi) is 9.08. The Morgan fingerprint density at radius 2 is 1.61 bits per heavy atom. The summed E-state index contributed by atoms with van der Waals surface area (Å²) in [5.41, 5.74) is 0.768. The lowest BCUT2D eigenvalue weighted by Crippen LogP contribution is -2.53. The van der Waals surface area contributed by atoms with E-state index in [0.29, 0.717) is 37.6 Å². The molecule has 0 radical (unpaired) electrons. The number of rotatable bonds is 7. The Morgan fingerprint density at radius 1 is 1.00 bits per heavy atom. The van der Waals surface area contributed by atoms with Crippen molar-refractivity contribution in [3.05, 3.63) is 67.6 Å². The summed E-state index contributed by atoms with van der Waals surface area (Å²) < 4.78 is 0. The van der Waals surface area contributed by atoms with Crippen LogP contribution in [0.2, 0.25) is 20.1 Å². The van der Waals surface area contributed by atoms with Crippen molar-refractivity contribution in [2.45, 2.75) is 58.7 Å². The minimum atomic E-state index is -0.695. The fraction of sp³-hybridized carbons (Fsp3) is 0.391. The summed E-state index contributed by atoms with van der Waals surface area (Å²) in [5.74, 6) is -0.518. The van der Waals surface area contributed by atoms with Crippen LogP contribution in [-0.2, 0) is 22.6 Å². The number of nitrogens with one attached hydrogen (secondary N) is 1. The molecule has 0 bridgehead atoms. The number of carbonyl (C=O) groups excluding carboxylic acids is 2. The van der Waals surface area contributed by atoms with E-state index in [-0.39, 0.29) is 24.8 Å². The molecule has 2 amide bonds. The van der Waals surface area contributed by atoms with Crippen molar-refractivity contribution < 1.29 is 9.59 Å². The van der Waals surface area contributed by atoms with E-state index in [1.54, 1.807) is 36.4 Å². The molecule has 168 valence electrons. The molecule has 0 saturated heterocycles. The highest BCUT2D eigenvalue weighted by Gasteiger charge is 2.31. The van der Waals surface area contributed by atoms with Gasteiger partial charge in [0.15, 0.2) is 0 Å². The second kappa shape index (κ2) is 10.9. The van der Waals surface area contributed by atoms with Crippen LogP contribution in [0.1, 0.15) is 45.2 Å². The third kappa shape index (κ3) is 7.28. The van der Waals surface area contributed by atoms with Gasteiger partial charge in [0.25, 0.3) is 0 Å². The van der Waals surface area contributed by atoms with Crippen molar-refractivity contribution in [1.29, 1.82) is 0 Å². The quantitative estimate of drug-likeness (QED) is 0.464. The second-order valence-electron chi connectivity index (χ2n) is 8.30. The monoisotopic (exact) mass is 502 g/mol. The maximum Gasteiger partial charge on any atom is 0.243 e. The summed E-state index contributed by atoms with van der Waals surface area (Å²) in [5, 5.41) is 4.68. The Hall–Kier alpha value is -1.46. The average molecular weight is 504 g/mol. The van der Waals surface area contributed by atoms with Crippen LogP contribution >= 0.6 is 46.4 Å². The van der Waals surface area contributed by atoms with Gasteiger partial charge in [0.2, 0.25) is 11.8 Å². The molecule has 0 aromatic heterocycles. The fourth-order valence-corrected chi connectivity index (χ4v) is 4.16. The molecule has 1 atom stereocenters. The van der Waals surface area contributed by atoms with Gasteiger partial charge in [-0.15, -0.1) is 0 Å². The van der Waals surface area contributed by atoms with E-state index in [1.165, 1.54) is 4.90 Å². The lowest BCUT2D eigenvalue weighted by Gasteiger charge is -2.33. The highest BCUT2D eigenvalue weighted by molar-refractivity contribution is 6.36. The van der Waals surface area contributed by atoms with E-state index in [9.17, 15) is 9.59 Å². The van der Waals surface area contributed by atoms with Gasteiger partial charge in [0.05, 0.1) is 6.42 Å². The van der Waals surface area contributed by atoms with Crippen molar-refractivity contribution in [2.24, 2.45) is 0 Å². The molecule has 4 nitrogen and oxygen atoms in total. The summed E-state index contributed by atoms with van der Waals surface area (Å²) in [4.78, 5) is 28.0. The molecule has 8 heteroatoms. The van der Waals surface area contributed by atoms with Crippen LogP contribution in [0.15, 0.2) is 36.4 Å². The van der Waals surface area contributed by atoms with Gasteiger partial charge in [0, 0.05) is 32.2 Å². The van der Waals surface area contributed by atoms with Crippen molar-refractivity contribution >= 4 is 58.2 Å². The molecule has 0 spiro atoms. The Labute approximate surface area is 203 Å². The van der Waals surface area contributed by atoms with Crippen LogP contribution in [-0.4, -0.2) is 28.3 Å². The standard InChI is InChI=1S/C23H26Cl4N2O2/c1-5-20(22(31)28-23(2,3)4)29(13-14-9-10-15(24)11-19(14)27)21(30)12-16-17(25)7-6-8-18(16)26/h6-11,20H,5,12-13H2,1-4H3,(H,28,31)/t20-/m0/s1. The first kappa shape index (κ1) is 25.8. The first-order chi connectivity index (χ1) is 14.4. The van der Waals surface area contributed by atoms with E-state index in [1.807, 2.05) is 27.7 Å². The predicted molar refractivity (Wildman–Crippen MR) is 129 cm³/mol. The zero-order valence-corrected chi connectivity index (χ0v) is 21.0. The van der Waals surface area contributed by atoms with Gasteiger partial charge in [-0.05, 0) is 62.6 Å². The van der Waals surface area contributed by atoms with E-state index < -0.39 is 11.6 Å². The van der Waals surface area contributed by atoms with Crippen LogP contribution in [0.5, 0.6) is 0 Å². The Bertz CT molecular complexity index is 937. The molecule has 0 unspecified atom stereocenters. The summed E-state index contributed by atoms with van der Waals surface area (Å²) in [6.07, 6.45) is 0.387. The van der Waals surface area contributed by atoms with E-state index >= 15 is 0 Å². The topological polar surface area (TPSA) is 49.4 Å². The number of nitrogens with zero attached hydrogens (tertiary/aromatic N) is 1. The van der Waals surface area contributed by atoms with E-state index in [4.69, 9.17) is 46.4 Å². The summed E-state index contributed by atoms with van der Waals surface area (Å²) >= 11 is 24.9.